The van der Waals surface area contributed by atoms with E-state index in [0.29, 0.717) is 12.0 Å². The summed E-state index contributed by atoms with van der Waals surface area (Å²) in [6.07, 6.45) is 18.2. The third-order valence-electron chi connectivity index (χ3n) is 6.79. The molecule has 0 aromatic rings. The summed E-state index contributed by atoms with van der Waals surface area (Å²) in [5.74, 6) is 0.462. The van der Waals surface area contributed by atoms with E-state index in [9.17, 15) is 5.11 Å². The first-order valence-corrected chi connectivity index (χ1v) is 12.3. The largest absolute Gasteiger partial charge is 0.389 e. The van der Waals surface area contributed by atoms with E-state index in [1.807, 2.05) is 0 Å². The maximum atomic E-state index is 11.7. The first kappa shape index (κ1) is 24.9. The van der Waals surface area contributed by atoms with Crippen molar-refractivity contribution in [1.82, 2.24) is 4.90 Å². The van der Waals surface area contributed by atoms with Gasteiger partial charge in [-0.2, -0.15) is 0 Å². The zero-order valence-corrected chi connectivity index (χ0v) is 18.9. The molecule has 1 aliphatic heterocycles. The molecule has 0 saturated carbocycles. The first-order valence-electron chi connectivity index (χ1n) is 12.3. The first-order chi connectivity index (χ1) is 13.1. The van der Waals surface area contributed by atoms with Crippen LogP contribution in [0.4, 0.5) is 0 Å². The van der Waals surface area contributed by atoms with Crippen LogP contribution in [0.2, 0.25) is 0 Å². The molecule has 1 aliphatic rings. The van der Waals surface area contributed by atoms with E-state index in [0.717, 1.165) is 32.4 Å². The smallest absolute Gasteiger partial charge is 0.0702 e. The zero-order chi connectivity index (χ0) is 20.0. The minimum Gasteiger partial charge on any atom is -0.389 e. The van der Waals surface area contributed by atoms with Crippen molar-refractivity contribution < 1.29 is 5.11 Å². The summed E-state index contributed by atoms with van der Waals surface area (Å²) in [5, 5.41) is 11.7. The SMILES string of the molecule is CCCCCC1C(CCCCC)C(O)(CCCCC)CCN1CCCCN. The molecule has 1 heterocycles. The van der Waals surface area contributed by atoms with Crippen LogP contribution >= 0.6 is 0 Å². The molecule has 162 valence electrons. The molecule has 0 bridgehead atoms. The Morgan fingerprint density at radius 1 is 0.852 bits per heavy atom. The van der Waals surface area contributed by atoms with Crippen LogP contribution in [0.3, 0.4) is 0 Å². The van der Waals surface area contributed by atoms with Crippen LogP contribution in [-0.2, 0) is 0 Å². The van der Waals surface area contributed by atoms with Crippen molar-refractivity contribution in [2.24, 2.45) is 11.7 Å². The van der Waals surface area contributed by atoms with Crippen molar-refractivity contribution in [2.45, 2.75) is 129 Å². The van der Waals surface area contributed by atoms with Gasteiger partial charge in [-0.15, -0.1) is 0 Å². The van der Waals surface area contributed by atoms with Gasteiger partial charge in [0.15, 0.2) is 0 Å². The zero-order valence-electron chi connectivity index (χ0n) is 18.9. The summed E-state index contributed by atoms with van der Waals surface area (Å²) in [6.45, 7) is 9.88. The number of aliphatic hydroxyl groups is 1. The highest BCUT2D eigenvalue weighted by Crippen LogP contribution is 2.41. The average Bonchev–Trinajstić information content (AvgIpc) is 2.66. The minimum absolute atomic E-state index is 0.426. The predicted molar refractivity (Wildman–Crippen MR) is 119 cm³/mol. The highest BCUT2D eigenvalue weighted by atomic mass is 16.3. The Hall–Kier alpha value is -0.120. The molecule has 1 rings (SSSR count). The van der Waals surface area contributed by atoms with Gasteiger partial charge < -0.3 is 10.8 Å². The third kappa shape index (κ3) is 8.83. The lowest BCUT2D eigenvalue weighted by Gasteiger charge is -2.51. The third-order valence-corrected chi connectivity index (χ3v) is 6.79. The fraction of sp³-hybridized carbons (Fsp3) is 1.00. The molecule has 0 aliphatic carbocycles. The lowest BCUT2D eigenvalue weighted by Crippen LogP contribution is -2.58. The van der Waals surface area contributed by atoms with Gasteiger partial charge in [-0.1, -0.05) is 78.6 Å². The summed E-state index contributed by atoms with van der Waals surface area (Å²) < 4.78 is 0. The highest BCUT2D eigenvalue weighted by molar-refractivity contribution is 4.99. The lowest BCUT2D eigenvalue weighted by molar-refractivity contribution is -0.112. The normalized spacial score (nSPS) is 26.6. The summed E-state index contributed by atoms with van der Waals surface area (Å²) >= 11 is 0. The van der Waals surface area contributed by atoms with Crippen molar-refractivity contribution in [3.8, 4) is 0 Å². The highest BCUT2D eigenvalue weighted by Gasteiger charge is 2.45. The van der Waals surface area contributed by atoms with Crippen LogP contribution in [0.1, 0.15) is 117 Å². The Bertz CT molecular complexity index is 349. The molecule has 0 aromatic heterocycles. The van der Waals surface area contributed by atoms with Gasteiger partial charge in [0.05, 0.1) is 5.60 Å². The fourth-order valence-corrected chi connectivity index (χ4v) is 5.09. The fourth-order valence-electron chi connectivity index (χ4n) is 5.09. The van der Waals surface area contributed by atoms with Gasteiger partial charge in [-0.05, 0) is 51.6 Å². The summed E-state index contributed by atoms with van der Waals surface area (Å²) in [6, 6.07) is 0.576. The van der Waals surface area contributed by atoms with Crippen molar-refractivity contribution >= 4 is 0 Å². The predicted octanol–water partition coefficient (Wildman–Crippen LogP) is 5.89. The Kier molecular flexibility index (Phi) is 13.7. The van der Waals surface area contributed by atoms with E-state index in [1.54, 1.807) is 0 Å². The molecule has 3 nitrogen and oxygen atoms in total. The number of unbranched alkanes of at least 4 members (excludes halogenated alkanes) is 7. The van der Waals surface area contributed by atoms with Gasteiger partial charge in [-0.25, -0.2) is 0 Å². The van der Waals surface area contributed by atoms with E-state index in [2.05, 4.69) is 25.7 Å². The van der Waals surface area contributed by atoms with Gasteiger partial charge in [0.2, 0.25) is 0 Å². The number of hydrogen-bond donors (Lipinski definition) is 2. The molecule has 3 heteroatoms. The molecule has 3 N–H and O–H groups in total. The monoisotopic (exact) mass is 382 g/mol. The summed E-state index contributed by atoms with van der Waals surface area (Å²) in [5.41, 5.74) is 5.31. The second kappa shape index (κ2) is 14.8. The van der Waals surface area contributed by atoms with Crippen LogP contribution in [0.15, 0.2) is 0 Å². The van der Waals surface area contributed by atoms with Gasteiger partial charge >= 0.3 is 0 Å². The number of hydrogen-bond acceptors (Lipinski definition) is 3. The standard InChI is InChI=1S/C24H50N2O/c1-4-7-10-15-22-23(16-11-8-5-2)26(20-14-13-19-25)21-18-24(22,27)17-12-9-6-3/h22-23,27H,4-21,25H2,1-3H3. The van der Waals surface area contributed by atoms with Crippen LogP contribution < -0.4 is 5.73 Å². The van der Waals surface area contributed by atoms with Gasteiger partial charge in [-0.3, -0.25) is 4.90 Å². The molecular formula is C24H50N2O. The number of nitrogens with zero attached hydrogens (tertiary/aromatic N) is 1. The second-order valence-electron chi connectivity index (χ2n) is 9.01. The Morgan fingerprint density at radius 3 is 2.11 bits per heavy atom. The molecule has 0 amide bonds. The van der Waals surface area contributed by atoms with E-state index in [4.69, 9.17) is 5.73 Å². The Balaban J connectivity index is 2.88. The quantitative estimate of drug-likeness (QED) is 0.327. The number of rotatable bonds is 16. The van der Waals surface area contributed by atoms with Crippen molar-refractivity contribution in [2.75, 3.05) is 19.6 Å². The maximum Gasteiger partial charge on any atom is 0.0702 e. The topological polar surface area (TPSA) is 49.5 Å². The second-order valence-corrected chi connectivity index (χ2v) is 9.01. The van der Waals surface area contributed by atoms with Crippen LogP contribution in [0.25, 0.3) is 0 Å². The van der Waals surface area contributed by atoms with Crippen LogP contribution in [0.5, 0.6) is 0 Å². The molecule has 3 unspecified atom stereocenters. The van der Waals surface area contributed by atoms with E-state index >= 15 is 0 Å². The van der Waals surface area contributed by atoms with Crippen LogP contribution in [-0.4, -0.2) is 41.3 Å². The molecule has 0 spiro atoms. The molecule has 27 heavy (non-hydrogen) atoms. The number of likely N-dealkylation sites (tertiary alicyclic amines) is 1. The Labute approximate surface area is 170 Å². The van der Waals surface area contributed by atoms with Crippen molar-refractivity contribution in [3.05, 3.63) is 0 Å². The molecule has 1 fully saturated rings. The average molecular weight is 383 g/mol. The van der Waals surface area contributed by atoms with E-state index in [1.165, 1.54) is 83.6 Å². The van der Waals surface area contributed by atoms with Gasteiger partial charge in [0.25, 0.3) is 0 Å². The minimum atomic E-state index is -0.426. The molecular weight excluding hydrogens is 332 g/mol. The number of piperidine rings is 1. The maximum absolute atomic E-state index is 11.7. The summed E-state index contributed by atoms with van der Waals surface area (Å²) in [7, 11) is 0. The molecule has 0 aromatic carbocycles. The Morgan fingerprint density at radius 2 is 1.48 bits per heavy atom. The van der Waals surface area contributed by atoms with Crippen LogP contribution in [0, 0.1) is 5.92 Å². The molecule has 3 atom stereocenters. The molecule has 1 saturated heterocycles. The van der Waals surface area contributed by atoms with Gasteiger partial charge in [0, 0.05) is 18.5 Å². The summed E-state index contributed by atoms with van der Waals surface area (Å²) in [4.78, 5) is 2.73. The molecule has 0 radical (unpaired) electrons. The van der Waals surface area contributed by atoms with E-state index in [-0.39, 0.29) is 0 Å². The van der Waals surface area contributed by atoms with Crippen molar-refractivity contribution in [3.63, 3.8) is 0 Å². The van der Waals surface area contributed by atoms with E-state index < -0.39 is 5.60 Å². The number of nitrogens with two attached hydrogens (primary N) is 1. The van der Waals surface area contributed by atoms with Crippen molar-refractivity contribution in [1.29, 1.82) is 0 Å². The van der Waals surface area contributed by atoms with Gasteiger partial charge in [0.1, 0.15) is 0 Å². The lowest BCUT2D eigenvalue weighted by atomic mass is 9.69.